The van der Waals surface area contributed by atoms with Crippen molar-refractivity contribution in [1.29, 1.82) is 0 Å². The zero-order valence-electron chi connectivity index (χ0n) is 10.5. The molecule has 20 heavy (non-hydrogen) atoms. The number of carbonyl (C=O) groups excluding carboxylic acids is 2. The van der Waals surface area contributed by atoms with E-state index in [2.05, 4.69) is 20.7 Å². The van der Waals surface area contributed by atoms with Gasteiger partial charge in [-0.2, -0.15) is 0 Å². The van der Waals surface area contributed by atoms with Gasteiger partial charge >= 0.3 is 17.7 Å². The largest absolute Gasteiger partial charge is 0.468 e. The minimum atomic E-state index is -1.53. The smallest absolute Gasteiger partial charge is 0.361 e. The highest BCUT2D eigenvalue weighted by molar-refractivity contribution is 9.10. The molecular weight excluding hydrogens is 330 g/mol. The van der Waals surface area contributed by atoms with Crippen molar-refractivity contribution in [1.82, 2.24) is 0 Å². The van der Waals surface area contributed by atoms with E-state index in [0.717, 1.165) is 4.47 Å². The lowest BCUT2D eigenvalue weighted by Gasteiger charge is -2.21. The zero-order valence-corrected chi connectivity index (χ0v) is 12.0. The summed E-state index contributed by atoms with van der Waals surface area (Å²) in [6, 6.07) is 5.23. The van der Waals surface area contributed by atoms with Gasteiger partial charge in [-0.15, -0.1) is 0 Å². The molecule has 2 aliphatic heterocycles. The fourth-order valence-electron chi connectivity index (χ4n) is 2.26. The van der Waals surface area contributed by atoms with Crippen LogP contribution in [-0.2, 0) is 29.6 Å². The molecule has 0 atom stereocenters. The fraction of sp³-hybridized carbons (Fsp3) is 0.231. The van der Waals surface area contributed by atoms with Gasteiger partial charge in [0.2, 0.25) is 0 Å². The van der Waals surface area contributed by atoms with E-state index in [1.807, 2.05) is 0 Å². The number of nitrogens with zero attached hydrogens (tertiary/aromatic N) is 1. The van der Waals surface area contributed by atoms with E-state index in [0.29, 0.717) is 11.3 Å². The summed E-state index contributed by atoms with van der Waals surface area (Å²) < 4.78 is 16.1. The van der Waals surface area contributed by atoms with Crippen LogP contribution in [0.1, 0.15) is 5.56 Å². The van der Waals surface area contributed by atoms with Crippen LogP contribution in [0.15, 0.2) is 35.2 Å². The van der Waals surface area contributed by atoms with Crippen molar-refractivity contribution in [3.63, 3.8) is 0 Å². The Morgan fingerprint density at radius 1 is 1.40 bits per heavy atom. The zero-order chi connectivity index (χ0) is 14.3. The number of benzene rings is 1. The standard InChI is InChI=1S/C13H10BrNO5/c1-18-11(16)7-15-10-3-2-8(14)6-9(10)13(12(15)17)19-4-5-20-13/h2-6H,7H2,1H3. The Hall–Kier alpha value is -2.02. The van der Waals surface area contributed by atoms with Crippen LogP contribution in [0.4, 0.5) is 5.69 Å². The number of hydrogen-bond donors (Lipinski definition) is 0. The molecule has 104 valence electrons. The number of methoxy groups -OCH3 is 1. The maximum Gasteiger partial charge on any atom is 0.361 e. The lowest BCUT2D eigenvalue weighted by atomic mass is 10.1. The van der Waals surface area contributed by atoms with Crippen molar-refractivity contribution >= 4 is 33.5 Å². The highest BCUT2D eigenvalue weighted by Gasteiger charge is 2.57. The monoisotopic (exact) mass is 339 g/mol. The third-order valence-corrected chi connectivity index (χ3v) is 3.66. The third kappa shape index (κ3) is 1.70. The molecule has 0 unspecified atom stereocenters. The number of carbonyl (C=O) groups is 2. The molecule has 1 aromatic rings. The van der Waals surface area contributed by atoms with E-state index < -0.39 is 17.7 Å². The molecule has 0 aliphatic carbocycles. The van der Waals surface area contributed by atoms with Crippen LogP contribution in [0.2, 0.25) is 0 Å². The lowest BCUT2D eigenvalue weighted by Crippen LogP contribution is -2.43. The Kier molecular flexibility index (Phi) is 2.93. The predicted octanol–water partition coefficient (Wildman–Crippen LogP) is 1.64. The molecule has 2 heterocycles. The summed E-state index contributed by atoms with van der Waals surface area (Å²) in [7, 11) is 1.27. The number of ether oxygens (including phenoxy) is 3. The summed E-state index contributed by atoms with van der Waals surface area (Å²) >= 11 is 3.35. The fourth-order valence-corrected chi connectivity index (χ4v) is 2.62. The number of fused-ring (bicyclic) bond motifs is 2. The maximum absolute atomic E-state index is 12.6. The second-order valence-corrected chi connectivity index (χ2v) is 5.17. The Morgan fingerprint density at radius 2 is 2.10 bits per heavy atom. The van der Waals surface area contributed by atoms with Crippen LogP contribution in [0.3, 0.4) is 0 Å². The summed E-state index contributed by atoms with van der Waals surface area (Å²) in [5.41, 5.74) is 1.11. The molecular formula is C13H10BrNO5. The maximum atomic E-state index is 12.6. The van der Waals surface area contributed by atoms with Crippen LogP contribution in [0.5, 0.6) is 0 Å². The highest BCUT2D eigenvalue weighted by Crippen LogP contribution is 2.46. The molecule has 3 rings (SSSR count). The first-order valence-corrected chi connectivity index (χ1v) is 6.57. The molecule has 6 nitrogen and oxygen atoms in total. The Balaban J connectivity index is 2.08. The van der Waals surface area contributed by atoms with E-state index in [4.69, 9.17) is 9.47 Å². The molecule has 0 aromatic heterocycles. The molecule has 0 saturated heterocycles. The topological polar surface area (TPSA) is 65.1 Å². The van der Waals surface area contributed by atoms with Gasteiger partial charge in [0.05, 0.1) is 18.4 Å². The number of anilines is 1. The molecule has 0 fully saturated rings. The van der Waals surface area contributed by atoms with Crippen molar-refractivity contribution in [2.24, 2.45) is 0 Å². The molecule has 1 amide bonds. The van der Waals surface area contributed by atoms with Crippen LogP contribution in [0, 0.1) is 0 Å². The van der Waals surface area contributed by atoms with Gasteiger partial charge in [0.25, 0.3) is 0 Å². The normalized spacial score (nSPS) is 17.9. The van der Waals surface area contributed by atoms with Gasteiger partial charge in [0.15, 0.2) is 0 Å². The van der Waals surface area contributed by atoms with E-state index in [1.165, 1.54) is 24.5 Å². The molecule has 0 saturated carbocycles. The predicted molar refractivity (Wildman–Crippen MR) is 71.5 cm³/mol. The minimum absolute atomic E-state index is 0.196. The summed E-state index contributed by atoms with van der Waals surface area (Å²) in [5.74, 6) is -2.51. The van der Waals surface area contributed by atoms with Gasteiger partial charge < -0.3 is 14.2 Å². The first-order valence-electron chi connectivity index (χ1n) is 5.78. The quantitative estimate of drug-likeness (QED) is 0.766. The van der Waals surface area contributed by atoms with Crippen LogP contribution in [0.25, 0.3) is 0 Å². The first kappa shape index (κ1) is 13.0. The number of rotatable bonds is 2. The highest BCUT2D eigenvalue weighted by atomic mass is 79.9. The van der Waals surface area contributed by atoms with Crippen molar-refractivity contribution in [2.75, 3.05) is 18.6 Å². The summed E-state index contributed by atoms with van der Waals surface area (Å²) in [6.07, 6.45) is 2.62. The Bertz CT molecular complexity index is 619. The minimum Gasteiger partial charge on any atom is -0.468 e. The van der Waals surface area contributed by atoms with Gasteiger partial charge in [-0.1, -0.05) is 15.9 Å². The van der Waals surface area contributed by atoms with Gasteiger partial charge in [-0.25, -0.2) is 0 Å². The molecule has 0 bridgehead atoms. The lowest BCUT2D eigenvalue weighted by molar-refractivity contribution is -0.174. The Labute approximate surface area is 123 Å². The van der Waals surface area contributed by atoms with Gasteiger partial charge in [-0.3, -0.25) is 14.5 Å². The van der Waals surface area contributed by atoms with Crippen molar-refractivity contribution < 1.29 is 23.8 Å². The van der Waals surface area contributed by atoms with Gasteiger partial charge in [0.1, 0.15) is 19.1 Å². The van der Waals surface area contributed by atoms with E-state index >= 15 is 0 Å². The average Bonchev–Trinajstić information content (AvgIpc) is 3.01. The molecule has 0 N–H and O–H groups in total. The molecule has 2 aliphatic rings. The number of hydrogen-bond acceptors (Lipinski definition) is 5. The van der Waals surface area contributed by atoms with Gasteiger partial charge in [-0.05, 0) is 18.2 Å². The Morgan fingerprint density at radius 3 is 2.75 bits per heavy atom. The summed E-state index contributed by atoms with van der Waals surface area (Å²) in [6.45, 7) is -0.196. The van der Waals surface area contributed by atoms with Crippen molar-refractivity contribution in [2.45, 2.75) is 5.79 Å². The van der Waals surface area contributed by atoms with E-state index in [1.54, 1.807) is 18.2 Å². The van der Waals surface area contributed by atoms with Crippen molar-refractivity contribution in [3.8, 4) is 0 Å². The summed E-state index contributed by atoms with van der Waals surface area (Å²) in [5, 5.41) is 0. The van der Waals surface area contributed by atoms with Gasteiger partial charge in [0, 0.05) is 4.47 Å². The van der Waals surface area contributed by atoms with Crippen LogP contribution < -0.4 is 4.90 Å². The molecule has 7 heteroatoms. The average molecular weight is 340 g/mol. The first-order chi connectivity index (χ1) is 9.58. The SMILES string of the molecule is COC(=O)CN1C(=O)C2(OC=CO2)c2cc(Br)ccc21. The second kappa shape index (κ2) is 4.52. The molecule has 0 radical (unpaired) electrons. The molecule has 1 spiro atoms. The van der Waals surface area contributed by atoms with E-state index in [9.17, 15) is 9.59 Å². The van der Waals surface area contributed by atoms with Crippen LogP contribution >= 0.6 is 15.9 Å². The van der Waals surface area contributed by atoms with Crippen LogP contribution in [-0.4, -0.2) is 25.5 Å². The number of amides is 1. The third-order valence-electron chi connectivity index (χ3n) is 3.17. The molecule has 1 aromatic carbocycles. The second-order valence-electron chi connectivity index (χ2n) is 4.25. The van der Waals surface area contributed by atoms with Crippen molar-refractivity contribution in [3.05, 3.63) is 40.8 Å². The summed E-state index contributed by atoms with van der Waals surface area (Å²) in [4.78, 5) is 25.3. The van der Waals surface area contributed by atoms with E-state index in [-0.39, 0.29) is 6.54 Å². The number of halogens is 1. The number of esters is 1.